The van der Waals surface area contributed by atoms with Crippen LogP contribution in [0.2, 0.25) is 0 Å². The molecule has 0 radical (unpaired) electrons. The summed E-state index contributed by atoms with van der Waals surface area (Å²) in [6, 6.07) is 7.93. The summed E-state index contributed by atoms with van der Waals surface area (Å²) in [7, 11) is 0. The maximum absolute atomic E-state index is 12.6. The number of nitrogens with one attached hydrogen (secondary N) is 2. The second-order valence-corrected chi connectivity index (χ2v) is 6.58. The Morgan fingerprint density at radius 2 is 1.96 bits per heavy atom. The Bertz CT molecular complexity index is 935. The van der Waals surface area contributed by atoms with Crippen LogP contribution in [0.3, 0.4) is 0 Å². The van der Waals surface area contributed by atoms with Crippen molar-refractivity contribution in [3.63, 3.8) is 0 Å². The smallest absolute Gasteiger partial charge is 0.293 e. The summed E-state index contributed by atoms with van der Waals surface area (Å²) in [5.74, 6) is -1.63. The first-order valence-corrected chi connectivity index (χ1v) is 8.60. The molecule has 1 aromatic heterocycles. The van der Waals surface area contributed by atoms with Crippen LogP contribution < -0.4 is 10.6 Å². The van der Waals surface area contributed by atoms with Gasteiger partial charge >= 0.3 is 0 Å². The molecule has 0 bridgehead atoms. The quantitative estimate of drug-likeness (QED) is 0.783. The predicted molar refractivity (Wildman–Crippen MR) is 92.4 cm³/mol. The Hall–Kier alpha value is -3.26. The zero-order valence-corrected chi connectivity index (χ0v) is 14.4. The van der Waals surface area contributed by atoms with Crippen LogP contribution in [0.1, 0.15) is 44.9 Å². The highest BCUT2D eigenvalue weighted by Crippen LogP contribution is 2.29. The minimum Gasteiger partial charge on any atom is -0.459 e. The van der Waals surface area contributed by atoms with Gasteiger partial charge in [-0.2, -0.15) is 0 Å². The summed E-state index contributed by atoms with van der Waals surface area (Å²) < 4.78 is 5.00. The molecule has 138 valence electrons. The third-order valence-corrected chi connectivity index (χ3v) is 4.88. The highest BCUT2D eigenvalue weighted by Gasteiger charge is 2.36. The molecule has 27 heavy (non-hydrogen) atoms. The van der Waals surface area contributed by atoms with Crippen LogP contribution in [0.5, 0.6) is 0 Å². The van der Waals surface area contributed by atoms with Crippen molar-refractivity contribution in [1.29, 1.82) is 0 Å². The SMILES string of the molecule is O=C1CCC(N2Cc3cccc(C(=O)NC(=O)c4ccco4)c3C2)C(=O)N1. The van der Waals surface area contributed by atoms with E-state index in [0.29, 0.717) is 31.5 Å². The molecule has 1 unspecified atom stereocenters. The molecule has 1 fully saturated rings. The minimum atomic E-state index is -0.609. The molecule has 4 rings (SSSR count). The van der Waals surface area contributed by atoms with E-state index in [0.717, 1.165) is 11.1 Å². The van der Waals surface area contributed by atoms with E-state index in [1.54, 1.807) is 18.2 Å². The van der Waals surface area contributed by atoms with Crippen LogP contribution in [-0.4, -0.2) is 34.6 Å². The normalized spacial score (nSPS) is 19.5. The second kappa shape index (κ2) is 6.81. The van der Waals surface area contributed by atoms with E-state index in [4.69, 9.17) is 4.42 Å². The zero-order chi connectivity index (χ0) is 19.0. The number of hydrogen-bond donors (Lipinski definition) is 2. The van der Waals surface area contributed by atoms with E-state index in [9.17, 15) is 19.2 Å². The van der Waals surface area contributed by atoms with E-state index in [-0.39, 0.29) is 17.6 Å². The number of imide groups is 2. The Balaban J connectivity index is 1.51. The highest BCUT2D eigenvalue weighted by molar-refractivity contribution is 6.10. The second-order valence-electron chi connectivity index (χ2n) is 6.58. The molecule has 0 saturated carbocycles. The fourth-order valence-corrected chi connectivity index (χ4v) is 3.55. The maximum atomic E-state index is 12.6. The van der Waals surface area contributed by atoms with Crippen LogP contribution in [0.4, 0.5) is 0 Å². The fourth-order valence-electron chi connectivity index (χ4n) is 3.55. The molecule has 1 saturated heterocycles. The zero-order valence-electron chi connectivity index (χ0n) is 14.4. The molecule has 2 aliphatic heterocycles. The van der Waals surface area contributed by atoms with Crippen molar-refractivity contribution in [3.05, 3.63) is 59.0 Å². The molecular weight excluding hydrogens is 350 g/mol. The van der Waals surface area contributed by atoms with Crippen LogP contribution in [0.15, 0.2) is 41.0 Å². The van der Waals surface area contributed by atoms with Gasteiger partial charge in [-0.1, -0.05) is 12.1 Å². The van der Waals surface area contributed by atoms with Gasteiger partial charge in [0.05, 0.1) is 12.3 Å². The number of hydrogen-bond acceptors (Lipinski definition) is 6. The third-order valence-electron chi connectivity index (χ3n) is 4.88. The standard InChI is InChI=1S/C19H17N3O5/c23-16-7-6-14(18(25)20-16)22-9-11-3-1-4-12(13(11)10-22)17(24)21-19(26)15-5-2-8-27-15/h1-5,8,14H,6-7,9-10H2,(H,20,23,25)(H,21,24,26). The average Bonchev–Trinajstić information content (AvgIpc) is 3.30. The van der Waals surface area contributed by atoms with E-state index >= 15 is 0 Å². The summed E-state index contributed by atoms with van der Waals surface area (Å²) in [6.45, 7) is 0.912. The number of piperidine rings is 1. The lowest BCUT2D eigenvalue weighted by Gasteiger charge is -2.29. The lowest BCUT2D eigenvalue weighted by atomic mass is 10.0. The van der Waals surface area contributed by atoms with Gasteiger partial charge in [0, 0.05) is 25.1 Å². The Labute approximate surface area is 154 Å². The maximum Gasteiger partial charge on any atom is 0.293 e. The minimum absolute atomic E-state index is 0.0566. The summed E-state index contributed by atoms with van der Waals surface area (Å²) in [4.78, 5) is 50.1. The Kier molecular flexibility index (Phi) is 4.33. The fraction of sp³-hybridized carbons (Fsp3) is 0.263. The van der Waals surface area contributed by atoms with Crippen LogP contribution in [0.25, 0.3) is 0 Å². The van der Waals surface area contributed by atoms with Gasteiger partial charge in [-0.3, -0.25) is 34.7 Å². The predicted octanol–water partition coefficient (Wildman–Crippen LogP) is 0.971. The van der Waals surface area contributed by atoms with Gasteiger partial charge < -0.3 is 4.42 Å². The summed E-state index contributed by atoms with van der Waals surface area (Å²) in [5, 5.41) is 4.68. The topological polar surface area (TPSA) is 109 Å². The molecule has 1 aromatic carbocycles. The first-order valence-electron chi connectivity index (χ1n) is 8.60. The number of carbonyl (C=O) groups excluding carboxylic acids is 4. The number of rotatable bonds is 3. The molecule has 2 aromatic rings. The monoisotopic (exact) mass is 367 g/mol. The third kappa shape index (κ3) is 3.26. The van der Waals surface area contributed by atoms with Crippen molar-refractivity contribution >= 4 is 23.6 Å². The van der Waals surface area contributed by atoms with Crippen molar-refractivity contribution in [2.45, 2.75) is 32.0 Å². The molecular formula is C19H17N3O5. The van der Waals surface area contributed by atoms with Crippen molar-refractivity contribution in [2.75, 3.05) is 0 Å². The summed E-state index contributed by atoms with van der Waals surface area (Å²) in [6.07, 6.45) is 2.11. The van der Waals surface area contributed by atoms with E-state index < -0.39 is 17.9 Å². The van der Waals surface area contributed by atoms with Gasteiger partial charge in [0.2, 0.25) is 11.8 Å². The number of fused-ring (bicyclic) bond motifs is 1. The van der Waals surface area contributed by atoms with Crippen molar-refractivity contribution in [2.24, 2.45) is 0 Å². The van der Waals surface area contributed by atoms with Crippen molar-refractivity contribution < 1.29 is 23.6 Å². The molecule has 0 spiro atoms. The van der Waals surface area contributed by atoms with Crippen molar-refractivity contribution in [1.82, 2.24) is 15.5 Å². The lowest BCUT2D eigenvalue weighted by Crippen LogP contribution is -2.50. The first kappa shape index (κ1) is 17.2. The Morgan fingerprint density at radius 1 is 1.11 bits per heavy atom. The number of benzene rings is 1. The molecule has 3 heterocycles. The molecule has 2 N–H and O–H groups in total. The number of carbonyl (C=O) groups is 4. The Morgan fingerprint density at radius 3 is 2.70 bits per heavy atom. The van der Waals surface area contributed by atoms with Gasteiger partial charge in [0.1, 0.15) is 0 Å². The first-order chi connectivity index (χ1) is 13.0. The number of amides is 4. The van der Waals surface area contributed by atoms with Gasteiger partial charge in [0.25, 0.3) is 11.8 Å². The van der Waals surface area contributed by atoms with Crippen LogP contribution in [-0.2, 0) is 22.7 Å². The van der Waals surface area contributed by atoms with Gasteiger partial charge in [0.15, 0.2) is 5.76 Å². The molecule has 2 aliphatic rings. The molecule has 8 nitrogen and oxygen atoms in total. The van der Waals surface area contributed by atoms with Gasteiger partial charge in [-0.05, 0) is 35.7 Å². The largest absolute Gasteiger partial charge is 0.459 e. The van der Waals surface area contributed by atoms with Crippen LogP contribution >= 0.6 is 0 Å². The average molecular weight is 367 g/mol. The molecule has 4 amide bonds. The van der Waals surface area contributed by atoms with Gasteiger partial charge in [-0.15, -0.1) is 0 Å². The van der Waals surface area contributed by atoms with E-state index in [1.807, 2.05) is 11.0 Å². The summed E-state index contributed by atoms with van der Waals surface area (Å²) in [5.41, 5.74) is 2.10. The molecule has 1 atom stereocenters. The highest BCUT2D eigenvalue weighted by atomic mass is 16.3. The van der Waals surface area contributed by atoms with Crippen molar-refractivity contribution in [3.8, 4) is 0 Å². The number of nitrogens with zero attached hydrogens (tertiary/aromatic N) is 1. The van der Waals surface area contributed by atoms with E-state index in [2.05, 4.69) is 10.6 Å². The van der Waals surface area contributed by atoms with Gasteiger partial charge in [-0.25, -0.2) is 0 Å². The summed E-state index contributed by atoms with van der Waals surface area (Å²) >= 11 is 0. The molecule has 0 aliphatic carbocycles. The van der Waals surface area contributed by atoms with E-state index in [1.165, 1.54) is 12.3 Å². The lowest BCUT2D eigenvalue weighted by molar-refractivity contribution is -0.137. The number of furan rings is 1. The molecule has 8 heteroatoms. The van der Waals surface area contributed by atoms with Crippen LogP contribution in [0, 0.1) is 0 Å².